The third-order valence-corrected chi connectivity index (χ3v) is 8.99. The summed E-state index contributed by atoms with van der Waals surface area (Å²) in [4.78, 5) is 28.8. The van der Waals surface area contributed by atoms with E-state index in [1.165, 1.54) is 12.0 Å². The number of nitrogens with zero attached hydrogens (tertiary/aromatic N) is 4. The molecule has 0 bridgehead atoms. The van der Waals surface area contributed by atoms with Gasteiger partial charge >= 0.3 is 0 Å². The van der Waals surface area contributed by atoms with Crippen LogP contribution in [0.15, 0.2) is 72.8 Å². The van der Waals surface area contributed by atoms with E-state index in [1.54, 1.807) is 14.2 Å². The zero-order valence-corrected chi connectivity index (χ0v) is 25.2. The molecule has 1 N–H and O–H groups in total. The van der Waals surface area contributed by atoms with Crippen molar-refractivity contribution in [3.63, 3.8) is 0 Å². The van der Waals surface area contributed by atoms with E-state index in [2.05, 4.69) is 27.2 Å². The molecule has 4 aromatic rings. The van der Waals surface area contributed by atoms with E-state index in [1.807, 2.05) is 60.7 Å². The molecular formula is C35H41N5O3. The summed E-state index contributed by atoms with van der Waals surface area (Å²) in [7, 11) is 3.31. The second-order valence-electron chi connectivity index (χ2n) is 11.7. The molecule has 8 heteroatoms. The molecule has 2 aliphatic heterocycles. The van der Waals surface area contributed by atoms with Gasteiger partial charge in [0.05, 0.1) is 25.2 Å². The zero-order valence-electron chi connectivity index (χ0n) is 25.2. The van der Waals surface area contributed by atoms with E-state index < -0.39 is 5.41 Å². The molecule has 6 rings (SSSR count). The largest absolute Gasteiger partial charge is 0.493 e. The topological polar surface area (TPSA) is 79.8 Å². The monoisotopic (exact) mass is 579 g/mol. The lowest BCUT2D eigenvalue weighted by atomic mass is 9.73. The third-order valence-electron chi connectivity index (χ3n) is 8.99. The van der Waals surface area contributed by atoms with E-state index in [4.69, 9.17) is 19.4 Å². The Morgan fingerprint density at radius 2 is 1.42 bits per heavy atom. The van der Waals surface area contributed by atoms with Crippen LogP contribution in [0.1, 0.15) is 43.2 Å². The van der Waals surface area contributed by atoms with Crippen molar-refractivity contribution in [1.29, 1.82) is 0 Å². The predicted octanol–water partition coefficient (Wildman–Crippen LogP) is 5.78. The molecule has 0 aliphatic carbocycles. The van der Waals surface area contributed by atoms with Gasteiger partial charge in [0.2, 0.25) is 11.9 Å². The molecule has 3 aromatic carbocycles. The van der Waals surface area contributed by atoms with Crippen molar-refractivity contribution >= 4 is 28.6 Å². The number of carbonyl (C=O) groups excluding carboxylic acids is 1. The Hall–Kier alpha value is -4.33. The molecule has 2 fully saturated rings. The summed E-state index contributed by atoms with van der Waals surface area (Å²) >= 11 is 0. The molecule has 0 atom stereocenters. The van der Waals surface area contributed by atoms with Crippen molar-refractivity contribution in [2.24, 2.45) is 5.41 Å². The number of amides is 1. The molecule has 1 amide bonds. The first-order valence-electron chi connectivity index (χ1n) is 15.4. The Morgan fingerprint density at radius 1 is 0.791 bits per heavy atom. The van der Waals surface area contributed by atoms with Crippen molar-refractivity contribution in [3.8, 4) is 11.5 Å². The Morgan fingerprint density at radius 3 is 2.07 bits per heavy atom. The summed E-state index contributed by atoms with van der Waals surface area (Å²) in [6.07, 6.45) is 5.68. The number of methoxy groups -OCH3 is 2. The molecule has 8 nitrogen and oxygen atoms in total. The number of ether oxygens (including phenoxy) is 2. The van der Waals surface area contributed by atoms with Crippen molar-refractivity contribution in [2.45, 2.75) is 45.1 Å². The van der Waals surface area contributed by atoms with Crippen molar-refractivity contribution in [1.82, 2.24) is 15.3 Å². The molecule has 224 valence electrons. The molecular weight excluding hydrogens is 538 g/mol. The Kier molecular flexibility index (Phi) is 8.63. The molecule has 43 heavy (non-hydrogen) atoms. The number of fused-ring (bicyclic) bond motifs is 1. The highest BCUT2D eigenvalue weighted by Crippen LogP contribution is 2.40. The second-order valence-corrected chi connectivity index (χ2v) is 11.7. The fraction of sp³-hybridized carbons (Fsp3) is 0.400. The van der Waals surface area contributed by atoms with Gasteiger partial charge in [-0.1, -0.05) is 60.7 Å². The molecule has 3 heterocycles. The van der Waals surface area contributed by atoms with Crippen LogP contribution in [0.4, 0.5) is 11.8 Å². The lowest BCUT2D eigenvalue weighted by Crippen LogP contribution is -2.50. The maximum Gasteiger partial charge on any atom is 0.227 e. The first-order valence-corrected chi connectivity index (χ1v) is 15.4. The number of aromatic nitrogens is 2. The van der Waals surface area contributed by atoms with Gasteiger partial charge in [0.15, 0.2) is 11.5 Å². The van der Waals surface area contributed by atoms with Gasteiger partial charge in [-0.25, -0.2) is 4.98 Å². The summed E-state index contributed by atoms with van der Waals surface area (Å²) in [6, 6.07) is 24.4. The minimum absolute atomic E-state index is 0.116. The predicted molar refractivity (Wildman–Crippen MR) is 171 cm³/mol. The molecule has 2 saturated heterocycles. The van der Waals surface area contributed by atoms with Crippen LogP contribution in [0.5, 0.6) is 11.5 Å². The number of rotatable bonds is 9. The maximum atomic E-state index is 13.9. The number of anilines is 2. The fourth-order valence-corrected chi connectivity index (χ4v) is 6.49. The van der Waals surface area contributed by atoms with Crippen molar-refractivity contribution < 1.29 is 14.3 Å². The lowest BCUT2D eigenvalue weighted by Gasteiger charge is -2.41. The fourth-order valence-electron chi connectivity index (χ4n) is 6.49. The Labute approximate surface area is 254 Å². The summed E-state index contributed by atoms with van der Waals surface area (Å²) in [5.41, 5.74) is 2.62. The van der Waals surface area contributed by atoms with Gasteiger partial charge in [-0.05, 0) is 55.7 Å². The van der Waals surface area contributed by atoms with E-state index >= 15 is 0 Å². The van der Waals surface area contributed by atoms with Gasteiger partial charge < -0.3 is 24.6 Å². The number of hydrogen-bond donors (Lipinski definition) is 1. The van der Waals surface area contributed by atoms with Crippen molar-refractivity contribution in [3.05, 3.63) is 83.9 Å². The standard InChI is InChI=1S/C35H41N5O3/c1-42-30-22-28-29(23-31(30)43-2)37-34(38-32(28)39-18-10-5-11-19-39)40-20-16-35(17-21-40,24-26-12-6-3-7-13-26)33(41)36-25-27-14-8-4-9-15-27/h3-4,6-9,12-15,22-23H,5,10-11,16-21,24-25H2,1-2H3,(H,36,41). The average Bonchev–Trinajstić information content (AvgIpc) is 3.07. The smallest absolute Gasteiger partial charge is 0.227 e. The van der Waals surface area contributed by atoms with Crippen LogP contribution in [0.2, 0.25) is 0 Å². The molecule has 0 unspecified atom stereocenters. The van der Waals surface area contributed by atoms with Gasteiger partial charge in [-0.2, -0.15) is 4.98 Å². The van der Waals surface area contributed by atoms with E-state index in [0.29, 0.717) is 43.5 Å². The van der Waals surface area contributed by atoms with E-state index in [-0.39, 0.29) is 5.91 Å². The van der Waals surface area contributed by atoms with Crippen molar-refractivity contribution in [2.75, 3.05) is 50.2 Å². The van der Waals surface area contributed by atoms with Gasteiger partial charge in [-0.15, -0.1) is 0 Å². The molecule has 0 spiro atoms. The minimum Gasteiger partial charge on any atom is -0.493 e. The van der Waals surface area contributed by atoms with E-state index in [9.17, 15) is 4.79 Å². The van der Waals surface area contributed by atoms with Crippen LogP contribution < -0.4 is 24.6 Å². The highest BCUT2D eigenvalue weighted by molar-refractivity contribution is 5.93. The third kappa shape index (κ3) is 6.24. The van der Waals surface area contributed by atoms with Gasteiger partial charge in [-0.3, -0.25) is 4.79 Å². The molecule has 0 saturated carbocycles. The number of benzene rings is 3. The van der Waals surface area contributed by atoms with Crippen LogP contribution in [-0.4, -0.2) is 56.3 Å². The van der Waals surface area contributed by atoms with Gasteiger partial charge in [0.1, 0.15) is 5.82 Å². The van der Waals surface area contributed by atoms with Crippen LogP contribution >= 0.6 is 0 Å². The van der Waals surface area contributed by atoms with Crippen LogP contribution in [0.3, 0.4) is 0 Å². The first kappa shape index (κ1) is 28.8. The first-order chi connectivity index (χ1) is 21.1. The summed E-state index contributed by atoms with van der Waals surface area (Å²) < 4.78 is 11.3. The number of nitrogens with one attached hydrogen (secondary N) is 1. The quantitative estimate of drug-likeness (QED) is 0.269. The molecule has 1 aromatic heterocycles. The Bertz CT molecular complexity index is 1530. The van der Waals surface area contributed by atoms with Gasteiger partial charge in [0.25, 0.3) is 0 Å². The summed E-state index contributed by atoms with van der Waals surface area (Å²) in [5, 5.41) is 4.23. The highest BCUT2D eigenvalue weighted by Gasteiger charge is 2.42. The van der Waals surface area contributed by atoms with Gasteiger partial charge in [0, 0.05) is 44.2 Å². The zero-order chi connectivity index (χ0) is 29.6. The molecule has 2 aliphatic rings. The van der Waals surface area contributed by atoms with Crippen LogP contribution in [-0.2, 0) is 17.8 Å². The lowest BCUT2D eigenvalue weighted by molar-refractivity contribution is -0.132. The highest BCUT2D eigenvalue weighted by atomic mass is 16.5. The van der Waals surface area contributed by atoms with E-state index in [0.717, 1.165) is 61.1 Å². The molecule has 0 radical (unpaired) electrons. The number of piperidine rings is 2. The second kappa shape index (κ2) is 12.9. The van der Waals surface area contributed by atoms with Crippen LogP contribution in [0, 0.1) is 5.41 Å². The SMILES string of the molecule is COc1cc2nc(N3CCC(Cc4ccccc4)(C(=O)NCc4ccccc4)CC3)nc(N3CCCCC3)c2cc1OC. The number of hydrogen-bond acceptors (Lipinski definition) is 7. The Balaban J connectivity index is 1.29. The summed E-state index contributed by atoms with van der Waals surface area (Å²) in [6.45, 7) is 3.87. The minimum atomic E-state index is -0.504. The normalized spacial score (nSPS) is 16.6. The summed E-state index contributed by atoms with van der Waals surface area (Å²) in [5.74, 6) is 3.10. The van der Waals surface area contributed by atoms with Crippen LogP contribution in [0.25, 0.3) is 10.9 Å². The average molecular weight is 580 g/mol. The maximum absolute atomic E-state index is 13.9. The number of carbonyl (C=O) groups is 1.